The number of benzene rings is 2. The number of ether oxygens (including phenoxy) is 2. The van der Waals surface area contributed by atoms with Crippen molar-refractivity contribution < 1.29 is 19.1 Å². The summed E-state index contributed by atoms with van der Waals surface area (Å²) in [7, 11) is 0. The van der Waals surface area contributed by atoms with Crippen molar-refractivity contribution in [1.82, 2.24) is 10.2 Å². The molecule has 4 rings (SSSR count). The highest BCUT2D eigenvalue weighted by Gasteiger charge is 2.54. The third-order valence-corrected chi connectivity index (χ3v) is 6.31. The van der Waals surface area contributed by atoms with Crippen LogP contribution >= 0.6 is 11.6 Å². The SMILES string of the molecule is CC(C)(C)OC(=O)N1CCC2(CC1)c1ccccc1O[C@@H]2C(=O)NCc1cccc(Cl)c1. The van der Waals surface area contributed by atoms with E-state index in [-0.39, 0.29) is 12.0 Å². The number of likely N-dealkylation sites (tertiary alicyclic amines) is 1. The number of piperidine rings is 1. The van der Waals surface area contributed by atoms with E-state index in [1.54, 1.807) is 11.0 Å². The van der Waals surface area contributed by atoms with E-state index in [0.717, 1.165) is 16.9 Å². The number of hydrogen-bond acceptors (Lipinski definition) is 4. The standard InChI is InChI=1S/C25H29ClN2O4/c1-24(2,3)32-23(30)28-13-11-25(12-14-28)19-9-4-5-10-20(19)31-21(25)22(29)27-16-17-7-6-8-18(26)15-17/h4-10,15,21H,11-14,16H2,1-3H3,(H,27,29)/t21-/m1/s1. The third kappa shape index (κ3) is 4.56. The molecule has 0 saturated carbocycles. The molecule has 2 aromatic carbocycles. The molecule has 1 N–H and O–H groups in total. The van der Waals surface area contributed by atoms with E-state index >= 15 is 0 Å². The largest absolute Gasteiger partial charge is 0.479 e. The summed E-state index contributed by atoms with van der Waals surface area (Å²) in [5.74, 6) is 0.577. The van der Waals surface area contributed by atoms with Gasteiger partial charge in [0.2, 0.25) is 0 Å². The predicted octanol–water partition coefficient (Wildman–Crippen LogP) is 4.69. The van der Waals surface area contributed by atoms with Crippen molar-refractivity contribution in [2.24, 2.45) is 0 Å². The number of fused-ring (bicyclic) bond motifs is 2. The first kappa shape index (κ1) is 22.5. The van der Waals surface area contributed by atoms with Crippen LogP contribution in [0.5, 0.6) is 5.75 Å². The summed E-state index contributed by atoms with van der Waals surface area (Å²) in [6.07, 6.45) is 0.276. The zero-order valence-corrected chi connectivity index (χ0v) is 19.4. The molecule has 7 heteroatoms. The van der Waals surface area contributed by atoms with Crippen LogP contribution in [-0.2, 0) is 21.5 Å². The smallest absolute Gasteiger partial charge is 0.410 e. The number of amides is 2. The van der Waals surface area contributed by atoms with Crippen LogP contribution in [0, 0.1) is 0 Å². The van der Waals surface area contributed by atoms with Gasteiger partial charge < -0.3 is 19.7 Å². The van der Waals surface area contributed by atoms with Crippen molar-refractivity contribution in [3.05, 3.63) is 64.7 Å². The topological polar surface area (TPSA) is 67.9 Å². The summed E-state index contributed by atoms with van der Waals surface area (Å²) < 4.78 is 11.7. The van der Waals surface area contributed by atoms with Crippen molar-refractivity contribution in [3.8, 4) is 5.75 Å². The predicted molar refractivity (Wildman–Crippen MR) is 123 cm³/mol. The van der Waals surface area contributed by atoms with Crippen LogP contribution in [0.1, 0.15) is 44.7 Å². The molecule has 170 valence electrons. The molecule has 32 heavy (non-hydrogen) atoms. The molecule has 0 bridgehead atoms. The molecule has 1 fully saturated rings. The molecule has 2 aromatic rings. The maximum absolute atomic E-state index is 13.3. The van der Waals surface area contributed by atoms with Crippen LogP contribution < -0.4 is 10.1 Å². The second-order valence-corrected chi connectivity index (χ2v) is 9.90. The van der Waals surface area contributed by atoms with Gasteiger partial charge in [0.05, 0.1) is 0 Å². The molecular formula is C25H29ClN2O4. The summed E-state index contributed by atoms with van der Waals surface area (Å²) in [4.78, 5) is 27.5. The Morgan fingerprint density at radius 3 is 2.56 bits per heavy atom. The molecule has 0 aromatic heterocycles. The van der Waals surface area contributed by atoms with E-state index in [0.29, 0.717) is 37.5 Å². The zero-order valence-electron chi connectivity index (χ0n) is 18.7. The van der Waals surface area contributed by atoms with Gasteiger partial charge in [-0.15, -0.1) is 0 Å². The molecule has 1 spiro atoms. The summed E-state index contributed by atoms with van der Waals surface area (Å²) in [5, 5.41) is 3.64. The van der Waals surface area contributed by atoms with Gasteiger partial charge in [-0.1, -0.05) is 41.9 Å². The van der Waals surface area contributed by atoms with Crippen molar-refractivity contribution in [2.45, 2.75) is 57.3 Å². The molecule has 1 atom stereocenters. The second-order valence-electron chi connectivity index (χ2n) is 9.47. The third-order valence-electron chi connectivity index (χ3n) is 6.07. The highest BCUT2D eigenvalue weighted by Crippen LogP contribution is 2.49. The van der Waals surface area contributed by atoms with Gasteiger partial charge in [0.25, 0.3) is 5.91 Å². The Bertz CT molecular complexity index is 1010. The number of nitrogens with zero attached hydrogens (tertiary/aromatic N) is 1. The monoisotopic (exact) mass is 456 g/mol. The maximum Gasteiger partial charge on any atom is 0.410 e. The molecular weight excluding hydrogens is 428 g/mol. The minimum atomic E-state index is -0.653. The maximum atomic E-state index is 13.3. The number of hydrogen-bond donors (Lipinski definition) is 1. The Labute approximate surface area is 193 Å². The van der Waals surface area contributed by atoms with E-state index < -0.39 is 17.1 Å². The van der Waals surface area contributed by atoms with Crippen LogP contribution in [0.15, 0.2) is 48.5 Å². The van der Waals surface area contributed by atoms with E-state index in [2.05, 4.69) is 5.32 Å². The fourth-order valence-electron chi connectivity index (χ4n) is 4.54. The molecule has 2 aliphatic heterocycles. The first-order valence-electron chi connectivity index (χ1n) is 10.9. The van der Waals surface area contributed by atoms with Gasteiger partial charge in [-0.2, -0.15) is 0 Å². The zero-order chi connectivity index (χ0) is 22.9. The molecule has 2 amide bonds. The van der Waals surface area contributed by atoms with Crippen LogP contribution in [0.2, 0.25) is 5.02 Å². The lowest BCUT2D eigenvalue weighted by molar-refractivity contribution is -0.131. The fourth-order valence-corrected chi connectivity index (χ4v) is 4.75. The molecule has 0 aliphatic carbocycles. The van der Waals surface area contributed by atoms with Gasteiger partial charge in [0, 0.05) is 35.6 Å². The molecule has 2 heterocycles. The summed E-state index contributed by atoms with van der Waals surface area (Å²) in [6.45, 7) is 6.96. The Morgan fingerprint density at radius 1 is 1.16 bits per heavy atom. The average Bonchev–Trinajstić information content (AvgIpc) is 3.05. The number of para-hydroxylation sites is 1. The van der Waals surface area contributed by atoms with Gasteiger partial charge in [-0.25, -0.2) is 4.79 Å². The van der Waals surface area contributed by atoms with Crippen LogP contribution in [-0.4, -0.2) is 41.7 Å². The minimum absolute atomic E-state index is 0.160. The lowest BCUT2D eigenvalue weighted by Crippen LogP contribution is -2.55. The van der Waals surface area contributed by atoms with Gasteiger partial charge in [-0.05, 0) is 57.4 Å². The molecule has 1 saturated heterocycles. The Hall–Kier alpha value is -2.73. The average molecular weight is 457 g/mol. The van der Waals surface area contributed by atoms with Gasteiger partial charge in [0.1, 0.15) is 11.4 Å². The molecule has 6 nitrogen and oxygen atoms in total. The number of carbonyl (C=O) groups excluding carboxylic acids is 2. The molecule has 0 unspecified atom stereocenters. The number of nitrogens with one attached hydrogen (secondary N) is 1. The van der Waals surface area contributed by atoms with Crippen LogP contribution in [0.4, 0.5) is 4.79 Å². The first-order valence-corrected chi connectivity index (χ1v) is 11.3. The Balaban J connectivity index is 1.51. The summed E-state index contributed by atoms with van der Waals surface area (Å²) in [6, 6.07) is 15.2. The van der Waals surface area contributed by atoms with E-state index in [1.807, 2.05) is 63.2 Å². The van der Waals surface area contributed by atoms with Crippen LogP contribution in [0.25, 0.3) is 0 Å². The van der Waals surface area contributed by atoms with Crippen molar-refractivity contribution in [3.63, 3.8) is 0 Å². The Kier molecular flexibility index (Phi) is 6.08. The number of carbonyl (C=O) groups is 2. The lowest BCUT2D eigenvalue weighted by atomic mass is 9.69. The Morgan fingerprint density at radius 2 is 1.88 bits per heavy atom. The fraction of sp³-hybridized carbons (Fsp3) is 0.440. The number of halogens is 1. The van der Waals surface area contributed by atoms with E-state index in [4.69, 9.17) is 21.1 Å². The normalized spacial score (nSPS) is 19.2. The number of rotatable bonds is 3. The quantitative estimate of drug-likeness (QED) is 0.727. The summed E-state index contributed by atoms with van der Waals surface area (Å²) in [5.41, 5.74) is 0.938. The van der Waals surface area contributed by atoms with E-state index in [9.17, 15) is 9.59 Å². The van der Waals surface area contributed by atoms with Gasteiger partial charge in [0.15, 0.2) is 6.10 Å². The second kappa shape index (κ2) is 8.66. The van der Waals surface area contributed by atoms with Crippen LogP contribution in [0.3, 0.4) is 0 Å². The minimum Gasteiger partial charge on any atom is -0.479 e. The molecule has 2 aliphatic rings. The van der Waals surface area contributed by atoms with Crippen molar-refractivity contribution >= 4 is 23.6 Å². The molecule has 0 radical (unpaired) electrons. The summed E-state index contributed by atoms with van der Waals surface area (Å²) >= 11 is 6.06. The van der Waals surface area contributed by atoms with Gasteiger partial charge >= 0.3 is 6.09 Å². The van der Waals surface area contributed by atoms with Gasteiger partial charge in [-0.3, -0.25) is 4.79 Å². The van der Waals surface area contributed by atoms with E-state index in [1.165, 1.54) is 0 Å². The lowest BCUT2D eigenvalue weighted by Gasteiger charge is -2.41. The van der Waals surface area contributed by atoms with Crippen molar-refractivity contribution in [1.29, 1.82) is 0 Å². The highest BCUT2D eigenvalue weighted by molar-refractivity contribution is 6.30. The first-order chi connectivity index (χ1) is 15.2. The highest BCUT2D eigenvalue weighted by atomic mass is 35.5. The van der Waals surface area contributed by atoms with Crippen molar-refractivity contribution in [2.75, 3.05) is 13.1 Å².